The molecule has 0 unspecified atom stereocenters. The van der Waals surface area contributed by atoms with E-state index in [0.717, 1.165) is 37.0 Å². The maximum absolute atomic E-state index is 13.0. The lowest BCUT2D eigenvalue weighted by molar-refractivity contribution is -0.0619. The van der Waals surface area contributed by atoms with E-state index >= 15 is 0 Å². The summed E-state index contributed by atoms with van der Waals surface area (Å²) in [5.41, 5.74) is -0.0962. The summed E-state index contributed by atoms with van der Waals surface area (Å²) in [5, 5.41) is 8.51. The van der Waals surface area contributed by atoms with E-state index in [1.807, 2.05) is 0 Å². The Morgan fingerprint density at radius 3 is 2.36 bits per heavy atom. The average Bonchev–Trinajstić information content (AvgIpc) is 2.67. The normalized spacial score (nSPS) is 33.8. The van der Waals surface area contributed by atoms with Crippen molar-refractivity contribution < 1.29 is 9.13 Å². The third-order valence-electron chi connectivity index (χ3n) is 6.93. The van der Waals surface area contributed by atoms with Crippen LogP contribution in [0.1, 0.15) is 90.4 Å². The standard InChI is InChI=1S/C22H36FNO/c1-3-4-6-18-8-10-19(11-9-18)20-12-15-22(25-2,16-13-20)14-5-7-21(23)17-24/h7,18-20H,3-6,8-16H2,1-2H3. The molecule has 2 fully saturated rings. The van der Waals surface area contributed by atoms with Gasteiger partial charge < -0.3 is 4.74 Å². The van der Waals surface area contributed by atoms with Gasteiger partial charge in [0, 0.05) is 7.11 Å². The van der Waals surface area contributed by atoms with Gasteiger partial charge in [0.1, 0.15) is 6.07 Å². The third-order valence-corrected chi connectivity index (χ3v) is 6.93. The van der Waals surface area contributed by atoms with Crippen molar-refractivity contribution in [3.8, 4) is 6.07 Å². The first-order valence-electron chi connectivity index (χ1n) is 10.4. The fraction of sp³-hybridized carbons (Fsp3) is 0.864. The molecule has 2 aliphatic carbocycles. The Kier molecular flexibility index (Phi) is 8.43. The summed E-state index contributed by atoms with van der Waals surface area (Å²) in [4.78, 5) is 0. The van der Waals surface area contributed by atoms with Gasteiger partial charge in [0.2, 0.25) is 0 Å². The number of hydrogen-bond donors (Lipinski definition) is 0. The van der Waals surface area contributed by atoms with Gasteiger partial charge in [0.05, 0.1) is 5.60 Å². The smallest absolute Gasteiger partial charge is 0.196 e. The summed E-state index contributed by atoms with van der Waals surface area (Å²) in [6.07, 6.45) is 17.4. The number of nitrogens with zero attached hydrogens (tertiary/aromatic N) is 1. The number of hydrogen-bond acceptors (Lipinski definition) is 2. The molecule has 0 spiro atoms. The molecule has 2 rings (SSSR count). The van der Waals surface area contributed by atoms with Crippen LogP contribution in [0.2, 0.25) is 0 Å². The van der Waals surface area contributed by atoms with Crippen molar-refractivity contribution in [2.75, 3.05) is 7.11 Å². The molecule has 2 nitrogen and oxygen atoms in total. The van der Waals surface area contributed by atoms with E-state index < -0.39 is 5.83 Å². The summed E-state index contributed by atoms with van der Waals surface area (Å²) in [7, 11) is 1.80. The van der Waals surface area contributed by atoms with Crippen molar-refractivity contribution in [1.29, 1.82) is 5.26 Å². The average molecular weight is 350 g/mol. The van der Waals surface area contributed by atoms with Crippen LogP contribution in [0, 0.1) is 29.1 Å². The maximum Gasteiger partial charge on any atom is 0.196 e. The second-order valence-electron chi connectivity index (χ2n) is 8.35. The van der Waals surface area contributed by atoms with Gasteiger partial charge in [-0.3, -0.25) is 0 Å². The van der Waals surface area contributed by atoms with Gasteiger partial charge in [-0.15, -0.1) is 0 Å². The molecular formula is C22H36FNO. The van der Waals surface area contributed by atoms with Gasteiger partial charge in [-0.25, -0.2) is 0 Å². The zero-order valence-electron chi connectivity index (χ0n) is 16.2. The quantitative estimate of drug-likeness (QED) is 0.456. The number of methoxy groups -OCH3 is 1. The van der Waals surface area contributed by atoms with Gasteiger partial charge in [-0.2, -0.15) is 9.65 Å². The van der Waals surface area contributed by atoms with Crippen molar-refractivity contribution in [3.63, 3.8) is 0 Å². The molecule has 0 aromatic heterocycles. The van der Waals surface area contributed by atoms with E-state index in [9.17, 15) is 4.39 Å². The molecule has 0 saturated heterocycles. The number of rotatable bonds is 8. The first-order chi connectivity index (χ1) is 12.1. The highest BCUT2D eigenvalue weighted by atomic mass is 19.1. The lowest BCUT2D eigenvalue weighted by Crippen LogP contribution is -2.38. The van der Waals surface area contributed by atoms with Crippen molar-refractivity contribution >= 4 is 0 Å². The second kappa shape index (κ2) is 10.3. The third kappa shape index (κ3) is 6.10. The fourth-order valence-electron chi connectivity index (χ4n) is 5.14. The van der Waals surface area contributed by atoms with Gasteiger partial charge in [0.25, 0.3) is 0 Å². The van der Waals surface area contributed by atoms with Crippen molar-refractivity contribution in [2.24, 2.45) is 17.8 Å². The Bertz CT molecular complexity index is 451. The van der Waals surface area contributed by atoms with Gasteiger partial charge in [-0.05, 0) is 75.2 Å². The van der Waals surface area contributed by atoms with Crippen LogP contribution < -0.4 is 0 Å². The van der Waals surface area contributed by atoms with Crippen molar-refractivity contribution in [2.45, 2.75) is 96.0 Å². The molecule has 0 aliphatic heterocycles. The largest absolute Gasteiger partial charge is 0.378 e. The molecule has 0 bridgehead atoms. The van der Waals surface area contributed by atoms with Crippen LogP contribution in [0.5, 0.6) is 0 Å². The molecule has 2 aliphatic rings. The molecule has 0 aromatic rings. The van der Waals surface area contributed by atoms with Gasteiger partial charge >= 0.3 is 0 Å². The summed E-state index contributed by atoms with van der Waals surface area (Å²) < 4.78 is 18.8. The van der Waals surface area contributed by atoms with Crippen molar-refractivity contribution in [3.05, 3.63) is 11.9 Å². The predicted molar refractivity (Wildman–Crippen MR) is 101 cm³/mol. The second-order valence-corrected chi connectivity index (χ2v) is 8.35. The molecule has 2 saturated carbocycles. The van der Waals surface area contributed by atoms with Crippen molar-refractivity contribution in [1.82, 2.24) is 0 Å². The van der Waals surface area contributed by atoms with E-state index in [0.29, 0.717) is 6.42 Å². The van der Waals surface area contributed by atoms with Crippen LogP contribution in [-0.4, -0.2) is 12.7 Å². The van der Waals surface area contributed by atoms with E-state index in [1.54, 1.807) is 13.2 Å². The highest BCUT2D eigenvalue weighted by molar-refractivity contribution is 5.11. The minimum Gasteiger partial charge on any atom is -0.378 e. The van der Waals surface area contributed by atoms with Gasteiger partial charge in [0.15, 0.2) is 5.83 Å². The number of ether oxygens (including phenoxy) is 1. The lowest BCUT2D eigenvalue weighted by Gasteiger charge is -2.43. The number of halogens is 1. The van der Waals surface area contributed by atoms with E-state index in [2.05, 4.69) is 6.92 Å². The molecule has 0 radical (unpaired) electrons. The Hall–Kier alpha value is -0.880. The van der Waals surface area contributed by atoms with E-state index in [-0.39, 0.29) is 5.60 Å². The molecule has 0 heterocycles. The van der Waals surface area contributed by atoms with Crippen LogP contribution in [-0.2, 0) is 4.74 Å². The molecular weight excluding hydrogens is 313 g/mol. The molecule has 0 atom stereocenters. The first kappa shape index (κ1) is 20.4. The molecule has 142 valence electrons. The zero-order valence-corrected chi connectivity index (χ0v) is 16.2. The fourth-order valence-corrected chi connectivity index (χ4v) is 5.14. The maximum atomic E-state index is 13.0. The van der Waals surface area contributed by atoms with Crippen LogP contribution >= 0.6 is 0 Å². The highest BCUT2D eigenvalue weighted by Crippen LogP contribution is 2.45. The molecule has 0 N–H and O–H groups in total. The minimum atomic E-state index is -0.667. The monoisotopic (exact) mass is 349 g/mol. The lowest BCUT2D eigenvalue weighted by atomic mass is 9.67. The molecule has 25 heavy (non-hydrogen) atoms. The molecule has 0 amide bonds. The predicted octanol–water partition coefficient (Wildman–Crippen LogP) is 6.72. The highest BCUT2D eigenvalue weighted by Gasteiger charge is 2.38. The summed E-state index contributed by atoms with van der Waals surface area (Å²) in [6.45, 7) is 2.29. The molecule has 3 heteroatoms. The van der Waals surface area contributed by atoms with E-state index in [1.165, 1.54) is 63.9 Å². The Morgan fingerprint density at radius 1 is 1.16 bits per heavy atom. The summed E-state index contributed by atoms with van der Waals surface area (Å²) >= 11 is 0. The topological polar surface area (TPSA) is 33.0 Å². The van der Waals surface area contributed by atoms with Crippen LogP contribution in [0.4, 0.5) is 4.39 Å². The number of unbranched alkanes of at least 4 members (excludes halogenated alkanes) is 1. The van der Waals surface area contributed by atoms with Crippen LogP contribution in [0.3, 0.4) is 0 Å². The van der Waals surface area contributed by atoms with Crippen LogP contribution in [0.15, 0.2) is 11.9 Å². The molecule has 0 aromatic carbocycles. The minimum absolute atomic E-state index is 0.0962. The Labute approximate surface area is 153 Å². The van der Waals surface area contributed by atoms with E-state index in [4.69, 9.17) is 10.00 Å². The summed E-state index contributed by atoms with van der Waals surface area (Å²) in [6, 6.07) is 1.55. The zero-order chi connectivity index (χ0) is 18.1. The number of nitriles is 1. The Balaban J connectivity index is 1.75. The first-order valence-corrected chi connectivity index (χ1v) is 10.4. The summed E-state index contributed by atoms with van der Waals surface area (Å²) in [5.74, 6) is 2.10. The Morgan fingerprint density at radius 2 is 1.80 bits per heavy atom. The van der Waals surface area contributed by atoms with Gasteiger partial charge in [-0.1, -0.05) is 39.0 Å². The number of allylic oxidation sites excluding steroid dienone is 2. The SMILES string of the molecule is CCCCC1CCC(C2CCC(CCC=C(F)C#N)(OC)CC2)CC1. The van der Waals surface area contributed by atoms with Crippen LogP contribution in [0.25, 0.3) is 0 Å².